The van der Waals surface area contributed by atoms with E-state index in [1.165, 1.54) is 12.8 Å². The van der Waals surface area contributed by atoms with Crippen LogP contribution in [0.2, 0.25) is 5.02 Å². The highest BCUT2D eigenvalue weighted by Crippen LogP contribution is 2.36. The van der Waals surface area contributed by atoms with Crippen LogP contribution in [0.5, 0.6) is 0 Å². The molecule has 1 amide bonds. The molecule has 2 aliphatic carbocycles. The first kappa shape index (κ1) is 13.7. The van der Waals surface area contributed by atoms with Gasteiger partial charge in [-0.3, -0.25) is 4.79 Å². The van der Waals surface area contributed by atoms with Crippen LogP contribution in [0.3, 0.4) is 0 Å². The smallest absolute Gasteiger partial charge is 0.255 e. The molecule has 0 atom stereocenters. The SMILES string of the molecule is CCNc1cc(C(=O)N(CC2CC2)C2CC2)c(Cl)cn1. The molecule has 4 nitrogen and oxygen atoms in total. The highest BCUT2D eigenvalue weighted by atomic mass is 35.5. The average Bonchev–Trinajstić information content (AvgIpc) is 3.30. The van der Waals surface area contributed by atoms with Crippen molar-refractivity contribution >= 4 is 23.3 Å². The maximum atomic E-state index is 12.8. The number of carbonyl (C=O) groups excluding carboxylic acids is 1. The van der Waals surface area contributed by atoms with Gasteiger partial charge in [-0.05, 0) is 44.6 Å². The van der Waals surface area contributed by atoms with Gasteiger partial charge in [-0.15, -0.1) is 0 Å². The van der Waals surface area contributed by atoms with Crippen molar-refractivity contribution in [1.82, 2.24) is 9.88 Å². The second-order valence-electron chi connectivity index (χ2n) is 5.71. The van der Waals surface area contributed by atoms with Crippen molar-refractivity contribution in [2.45, 2.75) is 38.6 Å². The van der Waals surface area contributed by atoms with E-state index in [1.54, 1.807) is 12.3 Å². The Labute approximate surface area is 124 Å². The lowest BCUT2D eigenvalue weighted by Gasteiger charge is -2.23. The van der Waals surface area contributed by atoms with Crippen LogP contribution in [0.4, 0.5) is 5.82 Å². The van der Waals surface area contributed by atoms with Gasteiger partial charge in [-0.25, -0.2) is 4.98 Å². The molecular formula is C15H20ClN3O. The van der Waals surface area contributed by atoms with Crippen LogP contribution in [0.25, 0.3) is 0 Å². The minimum absolute atomic E-state index is 0.0611. The number of hydrogen-bond acceptors (Lipinski definition) is 3. The Morgan fingerprint density at radius 1 is 1.45 bits per heavy atom. The number of hydrogen-bond donors (Lipinski definition) is 1. The minimum Gasteiger partial charge on any atom is -0.370 e. The van der Waals surface area contributed by atoms with Crippen LogP contribution < -0.4 is 5.32 Å². The van der Waals surface area contributed by atoms with E-state index < -0.39 is 0 Å². The van der Waals surface area contributed by atoms with Crippen LogP contribution in [0.1, 0.15) is 43.0 Å². The van der Waals surface area contributed by atoms with Gasteiger partial charge >= 0.3 is 0 Å². The fourth-order valence-electron chi connectivity index (χ4n) is 2.40. The van der Waals surface area contributed by atoms with E-state index in [4.69, 9.17) is 11.6 Å². The highest BCUT2D eigenvalue weighted by Gasteiger charge is 2.37. The molecule has 0 bridgehead atoms. The summed E-state index contributed by atoms with van der Waals surface area (Å²) < 4.78 is 0. The van der Waals surface area contributed by atoms with Gasteiger partial charge in [0.2, 0.25) is 0 Å². The Hall–Kier alpha value is -1.29. The summed E-state index contributed by atoms with van der Waals surface area (Å²) in [5.41, 5.74) is 0.574. The van der Waals surface area contributed by atoms with Crippen LogP contribution in [-0.4, -0.2) is 34.9 Å². The van der Waals surface area contributed by atoms with Crippen molar-refractivity contribution in [2.24, 2.45) is 5.92 Å². The van der Waals surface area contributed by atoms with E-state index in [0.717, 1.165) is 25.9 Å². The fraction of sp³-hybridized carbons (Fsp3) is 0.600. The number of halogens is 1. The molecule has 1 N–H and O–H groups in total. The molecule has 20 heavy (non-hydrogen) atoms. The number of nitrogens with zero attached hydrogens (tertiary/aromatic N) is 2. The summed E-state index contributed by atoms with van der Waals surface area (Å²) in [5.74, 6) is 1.47. The van der Waals surface area contributed by atoms with Crippen molar-refractivity contribution in [3.63, 3.8) is 0 Å². The van der Waals surface area contributed by atoms with E-state index >= 15 is 0 Å². The zero-order valence-electron chi connectivity index (χ0n) is 11.7. The molecule has 0 saturated heterocycles. The molecule has 0 radical (unpaired) electrons. The van der Waals surface area contributed by atoms with Crippen molar-refractivity contribution in [2.75, 3.05) is 18.4 Å². The van der Waals surface area contributed by atoms with Crippen molar-refractivity contribution in [3.05, 3.63) is 22.8 Å². The summed E-state index contributed by atoms with van der Waals surface area (Å²) >= 11 is 6.17. The average molecular weight is 294 g/mol. The predicted octanol–water partition coefficient (Wildman–Crippen LogP) is 3.18. The maximum absolute atomic E-state index is 12.8. The Bertz CT molecular complexity index is 512. The molecule has 2 saturated carbocycles. The molecular weight excluding hydrogens is 274 g/mol. The number of rotatable bonds is 6. The Morgan fingerprint density at radius 3 is 2.80 bits per heavy atom. The van der Waals surface area contributed by atoms with E-state index in [2.05, 4.69) is 10.3 Å². The Kier molecular flexibility index (Phi) is 3.83. The number of carbonyl (C=O) groups is 1. The van der Waals surface area contributed by atoms with Gasteiger partial charge in [0.25, 0.3) is 5.91 Å². The lowest BCUT2D eigenvalue weighted by Crippen LogP contribution is -2.35. The minimum atomic E-state index is 0.0611. The van der Waals surface area contributed by atoms with Crippen molar-refractivity contribution in [3.8, 4) is 0 Å². The largest absolute Gasteiger partial charge is 0.370 e. The first-order valence-electron chi connectivity index (χ1n) is 7.39. The van der Waals surface area contributed by atoms with Crippen LogP contribution in [-0.2, 0) is 0 Å². The molecule has 1 aromatic heterocycles. The van der Waals surface area contributed by atoms with Crippen LogP contribution in [0.15, 0.2) is 12.3 Å². The molecule has 2 fully saturated rings. The molecule has 3 rings (SSSR count). The summed E-state index contributed by atoms with van der Waals surface area (Å²) in [6, 6.07) is 2.20. The van der Waals surface area contributed by atoms with Crippen molar-refractivity contribution < 1.29 is 4.79 Å². The molecule has 0 spiro atoms. The molecule has 5 heteroatoms. The van der Waals surface area contributed by atoms with Crippen LogP contribution >= 0.6 is 11.6 Å². The summed E-state index contributed by atoms with van der Waals surface area (Å²) in [7, 11) is 0. The second-order valence-corrected chi connectivity index (χ2v) is 6.12. The summed E-state index contributed by atoms with van der Waals surface area (Å²) in [5, 5.41) is 3.57. The molecule has 2 aliphatic rings. The normalized spacial score (nSPS) is 17.9. The maximum Gasteiger partial charge on any atom is 0.255 e. The number of aromatic nitrogens is 1. The monoisotopic (exact) mass is 293 g/mol. The van der Waals surface area contributed by atoms with E-state index in [0.29, 0.717) is 28.4 Å². The summed E-state index contributed by atoms with van der Waals surface area (Å²) in [6.45, 7) is 3.66. The third-order valence-corrected chi connectivity index (χ3v) is 4.15. The number of nitrogens with one attached hydrogen (secondary N) is 1. The zero-order chi connectivity index (χ0) is 14.1. The van der Waals surface area contributed by atoms with Gasteiger partial charge in [0, 0.05) is 25.3 Å². The third-order valence-electron chi connectivity index (χ3n) is 3.84. The predicted molar refractivity (Wildman–Crippen MR) is 80.2 cm³/mol. The van der Waals surface area contributed by atoms with Gasteiger partial charge < -0.3 is 10.2 Å². The first-order valence-corrected chi connectivity index (χ1v) is 7.77. The van der Waals surface area contributed by atoms with E-state index in [1.807, 2.05) is 11.8 Å². The molecule has 108 valence electrons. The molecule has 0 aliphatic heterocycles. The lowest BCUT2D eigenvalue weighted by molar-refractivity contribution is 0.0735. The topological polar surface area (TPSA) is 45.2 Å². The lowest BCUT2D eigenvalue weighted by atomic mass is 10.2. The number of anilines is 1. The molecule has 1 heterocycles. The summed E-state index contributed by atoms with van der Waals surface area (Å²) in [4.78, 5) is 19.0. The zero-order valence-corrected chi connectivity index (χ0v) is 12.5. The Balaban J connectivity index is 1.81. The van der Waals surface area contributed by atoms with E-state index in [9.17, 15) is 4.79 Å². The number of pyridine rings is 1. The third kappa shape index (κ3) is 3.06. The first-order chi connectivity index (χ1) is 9.69. The standard InChI is InChI=1S/C15H20ClN3O/c1-2-17-14-7-12(13(16)8-18-14)15(20)19(11-5-6-11)9-10-3-4-10/h7-8,10-11H,2-6,9H2,1H3,(H,17,18). The quantitative estimate of drug-likeness (QED) is 0.876. The summed E-state index contributed by atoms with van der Waals surface area (Å²) in [6.07, 6.45) is 6.32. The molecule has 0 aromatic carbocycles. The van der Waals surface area contributed by atoms with E-state index in [-0.39, 0.29) is 5.91 Å². The number of amides is 1. The van der Waals surface area contributed by atoms with Gasteiger partial charge in [0.15, 0.2) is 0 Å². The van der Waals surface area contributed by atoms with Gasteiger partial charge in [-0.1, -0.05) is 11.6 Å². The van der Waals surface area contributed by atoms with Gasteiger partial charge in [0.05, 0.1) is 10.6 Å². The Morgan fingerprint density at radius 2 is 2.20 bits per heavy atom. The molecule has 1 aromatic rings. The van der Waals surface area contributed by atoms with Gasteiger partial charge in [0.1, 0.15) is 5.82 Å². The molecule has 0 unspecified atom stereocenters. The van der Waals surface area contributed by atoms with Crippen LogP contribution in [0, 0.1) is 5.92 Å². The fourth-order valence-corrected chi connectivity index (χ4v) is 2.58. The second kappa shape index (κ2) is 5.60. The highest BCUT2D eigenvalue weighted by molar-refractivity contribution is 6.33. The van der Waals surface area contributed by atoms with Crippen molar-refractivity contribution in [1.29, 1.82) is 0 Å². The van der Waals surface area contributed by atoms with Gasteiger partial charge in [-0.2, -0.15) is 0 Å².